The number of benzene rings is 1. The molecular formula is C27H36N2O8. The molecule has 10 nitrogen and oxygen atoms in total. The van der Waals surface area contributed by atoms with Gasteiger partial charge in [0.15, 0.2) is 6.10 Å². The van der Waals surface area contributed by atoms with Crippen LogP contribution in [0.15, 0.2) is 35.1 Å². The number of amides is 1. The zero-order valence-electron chi connectivity index (χ0n) is 21.5. The van der Waals surface area contributed by atoms with Crippen molar-refractivity contribution in [1.29, 1.82) is 0 Å². The Morgan fingerprint density at radius 2 is 1.95 bits per heavy atom. The molecule has 2 heterocycles. The van der Waals surface area contributed by atoms with E-state index in [1.807, 2.05) is 6.07 Å². The smallest absolute Gasteiger partial charge is 0.303 e. The van der Waals surface area contributed by atoms with Gasteiger partial charge >= 0.3 is 11.9 Å². The predicted molar refractivity (Wildman–Crippen MR) is 136 cm³/mol. The van der Waals surface area contributed by atoms with Gasteiger partial charge in [0.25, 0.3) is 0 Å². The van der Waals surface area contributed by atoms with Gasteiger partial charge < -0.3 is 28.8 Å². The molecule has 37 heavy (non-hydrogen) atoms. The number of fused-ring (bicyclic) bond motifs is 1. The molecule has 1 N–H and O–H groups in total. The van der Waals surface area contributed by atoms with Crippen LogP contribution in [0.25, 0.3) is 10.9 Å². The highest BCUT2D eigenvalue weighted by Gasteiger charge is 2.26. The van der Waals surface area contributed by atoms with Crippen LogP contribution in [0.4, 0.5) is 0 Å². The fourth-order valence-electron chi connectivity index (χ4n) is 4.24. The van der Waals surface area contributed by atoms with Gasteiger partial charge in [-0.3, -0.25) is 19.2 Å². The van der Waals surface area contributed by atoms with Gasteiger partial charge in [-0.25, -0.2) is 0 Å². The normalized spacial score (nSPS) is 16.1. The maximum atomic E-state index is 13.1. The number of hydrogen-bond acceptors (Lipinski definition) is 8. The number of aromatic nitrogens is 1. The zero-order valence-corrected chi connectivity index (χ0v) is 21.5. The highest BCUT2D eigenvalue weighted by atomic mass is 16.6. The van der Waals surface area contributed by atoms with E-state index < -0.39 is 18.0 Å². The lowest BCUT2D eigenvalue weighted by atomic mass is 10.1. The average Bonchev–Trinajstić information content (AvgIpc) is 2.86. The van der Waals surface area contributed by atoms with E-state index in [2.05, 4.69) is 4.98 Å². The average molecular weight is 517 g/mol. The molecule has 0 aliphatic carbocycles. The second-order valence-corrected chi connectivity index (χ2v) is 9.20. The largest absolute Gasteiger partial charge is 0.494 e. The molecule has 1 aromatic carbocycles. The van der Waals surface area contributed by atoms with Crippen LogP contribution in [0.1, 0.15) is 52.4 Å². The fraction of sp³-hybridized carbons (Fsp3) is 0.556. The van der Waals surface area contributed by atoms with Crippen LogP contribution in [0.5, 0.6) is 5.75 Å². The summed E-state index contributed by atoms with van der Waals surface area (Å²) in [4.78, 5) is 51.8. The molecule has 3 rings (SSSR count). The number of ether oxygens (including phenoxy) is 4. The van der Waals surface area contributed by atoms with Crippen molar-refractivity contribution >= 4 is 28.7 Å². The van der Waals surface area contributed by atoms with Gasteiger partial charge in [0.1, 0.15) is 12.4 Å². The number of pyridine rings is 1. The number of esters is 2. The van der Waals surface area contributed by atoms with Gasteiger partial charge in [0.05, 0.1) is 19.3 Å². The SMILES string of the molecule is CC(=O)OCC(CN(CC1CCCCO1)C(=O)CCCCOc1ccc2[nH]c(=O)ccc2c1)OC(C)=O. The van der Waals surface area contributed by atoms with E-state index in [0.29, 0.717) is 44.8 Å². The summed E-state index contributed by atoms with van der Waals surface area (Å²) < 4.78 is 22.0. The van der Waals surface area contributed by atoms with Crippen LogP contribution >= 0.6 is 0 Å². The molecule has 2 aromatic rings. The van der Waals surface area contributed by atoms with Gasteiger partial charge in [-0.15, -0.1) is 0 Å². The molecule has 1 aliphatic heterocycles. The summed E-state index contributed by atoms with van der Waals surface area (Å²) in [5.74, 6) is -0.374. The molecule has 0 spiro atoms. The third kappa shape index (κ3) is 9.87. The summed E-state index contributed by atoms with van der Waals surface area (Å²) in [6, 6.07) is 8.68. The topological polar surface area (TPSA) is 124 Å². The third-order valence-corrected chi connectivity index (χ3v) is 6.03. The van der Waals surface area contributed by atoms with E-state index in [0.717, 1.165) is 30.2 Å². The first-order valence-electron chi connectivity index (χ1n) is 12.8. The number of unbranched alkanes of at least 4 members (excludes halogenated alkanes) is 1. The lowest BCUT2D eigenvalue weighted by molar-refractivity contribution is -0.159. The summed E-state index contributed by atoms with van der Waals surface area (Å²) in [6.07, 6.45) is 3.66. The van der Waals surface area contributed by atoms with Crippen molar-refractivity contribution in [2.45, 2.75) is 64.6 Å². The highest BCUT2D eigenvalue weighted by Crippen LogP contribution is 2.19. The molecule has 10 heteroatoms. The highest BCUT2D eigenvalue weighted by molar-refractivity contribution is 5.79. The van der Waals surface area contributed by atoms with E-state index in [1.54, 1.807) is 23.1 Å². The minimum atomic E-state index is -0.750. The van der Waals surface area contributed by atoms with Crippen LogP contribution in [0.2, 0.25) is 0 Å². The van der Waals surface area contributed by atoms with Gasteiger partial charge in [0, 0.05) is 50.4 Å². The van der Waals surface area contributed by atoms with E-state index in [4.69, 9.17) is 18.9 Å². The molecule has 2 atom stereocenters. The summed E-state index contributed by atoms with van der Waals surface area (Å²) in [5, 5.41) is 0.879. The number of H-pyrrole nitrogens is 1. The van der Waals surface area contributed by atoms with Crippen molar-refractivity contribution in [3.8, 4) is 5.75 Å². The fourth-order valence-corrected chi connectivity index (χ4v) is 4.24. The lowest BCUT2D eigenvalue weighted by Gasteiger charge is -2.32. The molecule has 1 aliphatic rings. The minimum Gasteiger partial charge on any atom is -0.494 e. The molecule has 1 aromatic heterocycles. The molecular weight excluding hydrogens is 480 g/mol. The summed E-state index contributed by atoms with van der Waals surface area (Å²) >= 11 is 0. The Morgan fingerprint density at radius 3 is 2.68 bits per heavy atom. The molecule has 0 bridgehead atoms. The molecule has 0 saturated carbocycles. The predicted octanol–water partition coefficient (Wildman–Crippen LogP) is 2.97. The van der Waals surface area contributed by atoms with Gasteiger partial charge in [-0.05, 0) is 56.4 Å². The Kier molecular flexibility index (Phi) is 10.9. The number of nitrogens with one attached hydrogen (secondary N) is 1. The zero-order chi connectivity index (χ0) is 26.6. The maximum Gasteiger partial charge on any atom is 0.303 e. The van der Waals surface area contributed by atoms with Crippen molar-refractivity contribution in [2.75, 3.05) is 32.9 Å². The monoisotopic (exact) mass is 516 g/mol. The van der Waals surface area contributed by atoms with Crippen molar-refractivity contribution in [1.82, 2.24) is 9.88 Å². The van der Waals surface area contributed by atoms with E-state index in [-0.39, 0.29) is 30.7 Å². The van der Waals surface area contributed by atoms with Crippen LogP contribution in [0.3, 0.4) is 0 Å². The summed E-state index contributed by atoms with van der Waals surface area (Å²) in [6.45, 7) is 4.08. The first-order chi connectivity index (χ1) is 17.8. The van der Waals surface area contributed by atoms with Crippen LogP contribution in [0, 0.1) is 0 Å². The number of hydrogen-bond donors (Lipinski definition) is 1. The molecule has 2 unspecified atom stereocenters. The molecule has 0 radical (unpaired) electrons. The van der Waals surface area contributed by atoms with Crippen LogP contribution < -0.4 is 10.3 Å². The van der Waals surface area contributed by atoms with Gasteiger partial charge in [-0.1, -0.05) is 0 Å². The van der Waals surface area contributed by atoms with Crippen LogP contribution in [-0.4, -0.2) is 72.8 Å². The Morgan fingerprint density at radius 1 is 1.11 bits per heavy atom. The summed E-state index contributed by atoms with van der Waals surface area (Å²) in [7, 11) is 0. The van der Waals surface area contributed by atoms with Crippen molar-refractivity contribution < 1.29 is 33.3 Å². The van der Waals surface area contributed by atoms with E-state index >= 15 is 0 Å². The second kappa shape index (κ2) is 14.4. The summed E-state index contributed by atoms with van der Waals surface area (Å²) in [5.41, 5.74) is 0.591. The number of rotatable bonds is 13. The third-order valence-electron chi connectivity index (χ3n) is 6.03. The first kappa shape index (κ1) is 28.2. The maximum absolute atomic E-state index is 13.1. The van der Waals surface area contributed by atoms with Gasteiger partial charge in [0.2, 0.25) is 11.5 Å². The van der Waals surface area contributed by atoms with Gasteiger partial charge in [-0.2, -0.15) is 0 Å². The number of carbonyl (C=O) groups excluding carboxylic acids is 3. The lowest BCUT2D eigenvalue weighted by Crippen LogP contribution is -2.45. The van der Waals surface area contributed by atoms with Crippen molar-refractivity contribution in [2.24, 2.45) is 0 Å². The number of carbonyl (C=O) groups is 3. The quantitative estimate of drug-likeness (QED) is 0.318. The number of nitrogens with zero attached hydrogens (tertiary/aromatic N) is 1. The van der Waals surface area contributed by atoms with Crippen molar-refractivity contribution in [3.63, 3.8) is 0 Å². The standard InChI is InChI=1S/C27H36N2O8/c1-19(30)36-18-24(37-20(2)31)17-29(16-23-7-3-5-14-35-23)27(33)8-4-6-13-34-22-10-11-25-21(15-22)9-12-26(32)28-25/h9-12,15,23-24H,3-8,13-14,16-18H2,1-2H3,(H,28,32). The molecule has 1 fully saturated rings. The van der Waals surface area contributed by atoms with Crippen molar-refractivity contribution in [3.05, 3.63) is 40.7 Å². The molecule has 1 amide bonds. The van der Waals surface area contributed by atoms with E-state index in [1.165, 1.54) is 19.9 Å². The minimum absolute atomic E-state index is 0.0735. The molecule has 202 valence electrons. The Hall–Kier alpha value is -3.40. The number of aromatic amines is 1. The van der Waals surface area contributed by atoms with Crippen LogP contribution in [-0.2, 0) is 28.6 Å². The Bertz CT molecular complexity index is 1110. The second-order valence-electron chi connectivity index (χ2n) is 9.20. The van der Waals surface area contributed by atoms with E-state index in [9.17, 15) is 19.2 Å². The Balaban J connectivity index is 1.52. The molecule has 1 saturated heterocycles. The first-order valence-corrected chi connectivity index (χ1v) is 12.8. The Labute approximate surface area is 216 Å².